The van der Waals surface area contributed by atoms with E-state index in [-0.39, 0.29) is 5.57 Å². The van der Waals surface area contributed by atoms with Crippen LogP contribution in [0, 0.1) is 5.82 Å². The predicted octanol–water partition coefficient (Wildman–Crippen LogP) is 4.10. The number of carbonyl (C=O) groups is 1. The van der Waals surface area contributed by atoms with E-state index in [4.69, 9.17) is 11.6 Å². The van der Waals surface area contributed by atoms with E-state index in [0.717, 1.165) is 0 Å². The van der Waals surface area contributed by atoms with Crippen LogP contribution in [0.3, 0.4) is 0 Å². The van der Waals surface area contributed by atoms with Crippen molar-refractivity contribution in [3.05, 3.63) is 70.5 Å². The number of carboxylic acids is 1. The first kappa shape index (κ1) is 13.3. The zero-order valence-corrected chi connectivity index (χ0v) is 10.6. The van der Waals surface area contributed by atoms with Crippen LogP contribution >= 0.6 is 11.6 Å². The minimum atomic E-state index is -1.08. The lowest BCUT2D eigenvalue weighted by molar-refractivity contribution is -0.130. The number of carboxylic acid groups (broad SMARTS) is 1. The third-order valence-corrected chi connectivity index (χ3v) is 2.78. The Hall–Kier alpha value is -2.13. The molecule has 0 heterocycles. The van der Waals surface area contributed by atoms with Crippen molar-refractivity contribution in [1.82, 2.24) is 0 Å². The molecule has 96 valence electrons. The summed E-state index contributed by atoms with van der Waals surface area (Å²) in [7, 11) is 0. The zero-order valence-electron chi connectivity index (χ0n) is 9.81. The van der Waals surface area contributed by atoms with E-state index >= 15 is 0 Å². The number of halogens is 2. The molecule has 0 bridgehead atoms. The smallest absolute Gasteiger partial charge is 0.336 e. The maximum absolute atomic E-state index is 12.8. The monoisotopic (exact) mass is 276 g/mol. The fourth-order valence-corrected chi connectivity index (χ4v) is 1.86. The molecule has 0 aliphatic rings. The lowest BCUT2D eigenvalue weighted by Crippen LogP contribution is -1.99. The molecule has 19 heavy (non-hydrogen) atoms. The minimum absolute atomic E-state index is 0.0854. The van der Waals surface area contributed by atoms with Crippen LogP contribution in [-0.2, 0) is 4.79 Å². The van der Waals surface area contributed by atoms with Gasteiger partial charge in [-0.1, -0.05) is 35.9 Å². The van der Waals surface area contributed by atoms with Crippen molar-refractivity contribution in [3.63, 3.8) is 0 Å². The number of hydrogen-bond acceptors (Lipinski definition) is 1. The molecule has 0 radical (unpaired) electrons. The molecule has 0 atom stereocenters. The molecule has 0 saturated carbocycles. The van der Waals surface area contributed by atoms with Crippen molar-refractivity contribution in [1.29, 1.82) is 0 Å². The number of hydrogen-bond donors (Lipinski definition) is 1. The summed E-state index contributed by atoms with van der Waals surface area (Å²) in [6, 6.07) is 12.2. The van der Waals surface area contributed by atoms with E-state index in [0.29, 0.717) is 16.1 Å². The Morgan fingerprint density at radius 1 is 1.16 bits per heavy atom. The van der Waals surface area contributed by atoms with Gasteiger partial charge in [-0.15, -0.1) is 0 Å². The molecule has 0 saturated heterocycles. The lowest BCUT2D eigenvalue weighted by atomic mass is 10.0. The SMILES string of the molecule is O=C(O)/C(=C\c1cccc(Cl)c1)c1ccc(F)cc1. The summed E-state index contributed by atoms with van der Waals surface area (Å²) in [6.07, 6.45) is 1.50. The molecule has 4 heteroatoms. The van der Waals surface area contributed by atoms with Crippen molar-refractivity contribution < 1.29 is 14.3 Å². The van der Waals surface area contributed by atoms with E-state index in [1.165, 1.54) is 30.3 Å². The summed E-state index contributed by atoms with van der Waals surface area (Å²) in [5.41, 5.74) is 1.20. The van der Waals surface area contributed by atoms with Gasteiger partial charge < -0.3 is 5.11 Å². The zero-order chi connectivity index (χ0) is 13.8. The molecule has 0 unspecified atom stereocenters. The summed E-state index contributed by atoms with van der Waals surface area (Å²) in [5.74, 6) is -1.48. The Morgan fingerprint density at radius 2 is 1.84 bits per heavy atom. The largest absolute Gasteiger partial charge is 0.478 e. The molecule has 2 rings (SSSR count). The molecule has 1 N–H and O–H groups in total. The topological polar surface area (TPSA) is 37.3 Å². The van der Waals surface area contributed by atoms with Crippen LogP contribution in [-0.4, -0.2) is 11.1 Å². The fourth-order valence-electron chi connectivity index (χ4n) is 1.66. The average molecular weight is 277 g/mol. The summed E-state index contributed by atoms with van der Waals surface area (Å²) >= 11 is 5.85. The van der Waals surface area contributed by atoms with Crippen LogP contribution < -0.4 is 0 Å². The first-order chi connectivity index (χ1) is 9.06. The summed E-state index contributed by atoms with van der Waals surface area (Å²) < 4.78 is 12.8. The molecule has 0 spiro atoms. The highest BCUT2D eigenvalue weighted by Gasteiger charge is 2.10. The second-order valence-electron chi connectivity index (χ2n) is 3.93. The van der Waals surface area contributed by atoms with Gasteiger partial charge in [-0.3, -0.25) is 0 Å². The van der Waals surface area contributed by atoms with E-state index in [1.54, 1.807) is 24.3 Å². The molecule has 0 amide bonds. The number of rotatable bonds is 3. The Bertz CT molecular complexity index is 633. The first-order valence-corrected chi connectivity index (χ1v) is 5.90. The van der Waals surface area contributed by atoms with Crippen LogP contribution in [0.25, 0.3) is 11.6 Å². The molecule has 2 aromatic carbocycles. The minimum Gasteiger partial charge on any atom is -0.478 e. The third-order valence-electron chi connectivity index (χ3n) is 2.55. The molecule has 0 aliphatic carbocycles. The lowest BCUT2D eigenvalue weighted by Gasteiger charge is -2.03. The van der Waals surface area contributed by atoms with Crippen molar-refractivity contribution >= 4 is 29.2 Å². The van der Waals surface area contributed by atoms with Gasteiger partial charge >= 0.3 is 5.97 Å². The molecule has 0 fully saturated rings. The maximum atomic E-state index is 12.8. The van der Waals surface area contributed by atoms with Gasteiger partial charge in [-0.2, -0.15) is 0 Å². The fraction of sp³-hybridized carbons (Fsp3) is 0. The van der Waals surface area contributed by atoms with E-state index < -0.39 is 11.8 Å². The van der Waals surface area contributed by atoms with E-state index in [9.17, 15) is 14.3 Å². The average Bonchev–Trinajstić information content (AvgIpc) is 2.37. The normalized spacial score (nSPS) is 11.4. The summed E-state index contributed by atoms with van der Waals surface area (Å²) in [6.45, 7) is 0. The second-order valence-corrected chi connectivity index (χ2v) is 4.36. The first-order valence-electron chi connectivity index (χ1n) is 5.53. The molecule has 2 nitrogen and oxygen atoms in total. The van der Waals surface area contributed by atoms with Crippen molar-refractivity contribution in [2.24, 2.45) is 0 Å². The molecule has 0 aliphatic heterocycles. The van der Waals surface area contributed by atoms with Gasteiger partial charge in [-0.05, 0) is 41.5 Å². The Labute approximate surface area is 114 Å². The quantitative estimate of drug-likeness (QED) is 0.677. The van der Waals surface area contributed by atoms with Crippen LogP contribution in [0.15, 0.2) is 48.5 Å². The van der Waals surface area contributed by atoms with Crippen molar-refractivity contribution in [2.75, 3.05) is 0 Å². The standard InChI is InChI=1S/C15H10ClFO2/c16-12-3-1-2-10(8-12)9-14(15(18)19)11-4-6-13(17)7-5-11/h1-9H,(H,18,19)/b14-9-. The van der Waals surface area contributed by atoms with Gasteiger partial charge in [0.05, 0.1) is 5.57 Å². The Morgan fingerprint density at radius 3 is 2.42 bits per heavy atom. The Kier molecular flexibility index (Phi) is 3.97. The van der Waals surface area contributed by atoms with Gasteiger partial charge in [0.15, 0.2) is 0 Å². The van der Waals surface area contributed by atoms with Gasteiger partial charge in [0, 0.05) is 5.02 Å². The predicted molar refractivity (Wildman–Crippen MR) is 73.4 cm³/mol. The van der Waals surface area contributed by atoms with Crippen molar-refractivity contribution in [2.45, 2.75) is 0 Å². The summed E-state index contributed by atoms with van der Waals surface area (Å²) in [5, 5.41) is 9.76. The van der Waals surface area contributed by atoms with Gasteiger partial charge in [0.2, 0.25) is 0 Å². The van der Waals surface area contributed by atoms with Gasteiger partial charge in [-0.25, -0.2) is 9.18 Å². The molecule has 0 aromatic heterocycles. The van der Waals surface area contributed by atoms with E-state index in [1.807, 2.05) is 0 Å². The molecular weight excluding hydrogens is 267 g/mol. The van der Waals surface area contributed by atoms with Crippen LogP contribution in [0.1, 0.15) is 11.1 Å². The van der Waals surface area contributed by atoms with Crippen LogP contribution in [0.2, 0.25) is 5.02 Å². The second kappa shape index (κ2) is 5.67. The maximum Gasteiger partial charge on any atom is 0.336 e. The summed E-state index contributed by atoms with van der Waals surface area (Å²) in [4.78, 5) is 11.3. The number of aliphatic carboxylic acids is 1. The molecular formula is C15H10ClFO2. The number of benzene rings is 2. The van der Waals surface area contributed by atoms with Gasteiger partial charge in [0.25, 0.3) is 0 Å². The molecule has 2 aromatic rings. The van der Waals surface area contributed by atoms with Crippen LogP contribution in [0.5, 0.6) is 0 Å². The van der Waals surface area contributed by atoms with Crippen LogP contribution in [0.4, 0.5) is 4.39 Å². The van der Waals surface area contributed by atoms with Crippen molar-refractivity contribution in [3.8, 4) is 0 Å². The highest BCUT2D eigenvalue weighted by Crippen LogP contribution is 2.20. The Balaban J connectivity index is 2.46. The van der Waals surface area contributed by atoms with E-state index in [2.05, 4.69) is 0 Å². The third kappa shape index (κ3) is 3.42. The van der Waals surface area contributed by atoms with Gasteiger partial charge in [0.1, 0.15) is 5.82 Å². The highest BCUT2D eigenvalue weighted by molar-refractivity contribution is 6.30. The highest BCUT2D eigenvalue weighted by atomic mass is 35.5.